The van der Waals surface area contributed by atoms with Gasteiger partial charge in [-0.2, -0.15) is 0 Å². The molecule has 2 N–H and O–H groups in total. The van der Waals surface area contributed by atoms with E-state index in [0.29, 0.717) is 22.7 Å². The van der Waals surface area contributed by atoms with E-state index in [1.165, 1.54) is 23.1 Å². The van der Waals surface area contributed by atoms with E-state index in [-0.39, 0.29) is 11.6 Å². The zero-order chi connectivity index (χ0) is 21.7. The second-order valence-corrected chi connectivity index (χ2v) is 9.49. The highest BCUT2D eigenvalue weighted by Crippen LogP contribution is 2.46. The maximum absolute atomic E-state index is 12.9. The third kappa shape index (κ3) is 3.36. The SMILES string of the molecule is CCNC1CCCc2sc(-c3ccc4c(=O)c(C(=O)O)cn(C5CC5)c4c3OC)cc21. The van der Waals surface area contributed by atoms with Gasteiger partial charge in [0.05, 0.1) is 18.0 Å². The maximum atomic E-state index is 12.9. The van der Waals surface area contributed by atoms with Crippen molar-refractivity contribution in [1.29, 1.82) is 0 Å². The number of benzene rings is 1. The lowest BCUT2D eigenvalue weighted by atomic mass is 9.93. The lowest BCUT2D eigenvalue weighted by Crippen LogP contribution is -2.23. The predicted molar refractivity (Wildman–Crippen MR) is 123 cm³/mol. The Morgan fingerprint density at radius 1 is 1.32 bits per heavy atom. The normalized spacial score (nSPS) is 18.2. The molecule has 0 saturated heterocycles. The van der Waals surface area contributed by atoms with Gasteiger partial charge in [0.15, 0.2) is 5.75 Å². The molecule has 31 heavy (non-hydrogen) atoms. The molecular weight excluding hydrogens is 412 g/mol. The van der Waals surface area contributed by atoms with Crippen LogP contribution in [0.5, 0.6) is 5.75 Å². The molecule has 6 nitrogen and oxygen atoms in total. The molecule has 0 aliphatic heterocycles. The van der Waals surface area contributed by atoms with E-state index in [1.807, 2.05) is 10.6 Å². The number of nitrogens with one attached hydrogen (secondary N) is 1. The number of hydrogen-bond donors (Lipinski definition) is 2. The van der Waals surface area contributed by atoms with Gasteiger partial charge in [0.2, 0.25) is 5.43 Å². The summed E-state index contributed by atoms with van der Waals surface area (Å²) >= 11 is 1.80. The Kier molecular flexibility index (Phi) is 5.10. The molecule has 1 unspecified atom stereocenters. The molecule has 1 saturated carbocycles. The van der Waals surface area contributed by atoms with Crippen LogP contribution in [0.15, 0.2) is 29.2 Å². The average molecular weight is 439 g/mol. The molecule has 1 atom stereocenters. The van der Waals surface area contributed by atoms with Crippen molar-refractivity contribution in [3.8, 4) is 16.2 Å². The fraction of sp³-hybridized carbons (Fsp3) is 0.417. The van der Waals surface area contributed by atoms with Crippen molar-refractivity contribution in [2.75, 3.05) is 13.7 Å². The molecular formula is C24H26N2O4S. The highest BCUT2D eigenvalue weighted by molar-refractivity contribution is 7.15. The standard InChI is InChI=1S/C24H26N2O4S/c1-3-25-18-5-4-6-19-16(18)11-20(31-19)14-9-10-15-21(23(14)30-2)26(13-7-8-13)12-17(22(15)27)24(28)29/h9-13,18,25H,3-8H2,1-2H3,(H,28,29). The van der Waals surface area contributed by atoms with Crippen LogP contribution in [0.3, 0.4) is 0 Å². The molecule has 0 amide bonds. The number of aromatic carboxylic acids is 1. The molecule has 2 heterocycles. The number of ether oxygens (including phenoxy) is 1. The van der Waals surface area contributed by atoms with Gasteiger partial charge in [-0.1, -0.05) is 6.92 Å². The Balaban J connectivity index is 1.73. The van der Waals surface area contributed by atoms with Gasteiger partial charge in [-0.3, -0.25) is 4.79 Å². The van der Waals surface area contributed by atoms with Gasteiger partial charge < -0.3 is 19.7 Å². The van der Waals surface area contributed by atoms with Crippen LogP contribution in [-0.4, -0.2) is 29.3 Å². The Morgan fingerprint density at radius 2 is 2.13 bits per heavy atom. The minimum atomic E-state index is -1.19. The number of aryl methyl sites for hydroxylation is 1. The van der Waals surface area contributed by atoms with E-state index in [4.69, 9.17) is 4.74 Å². The van der Waals surface area contributed by atoms with Crippen molar-refractivity contribution < 1.29 is 14.6 Å². The van der Waals surface area contributed by atoms with Crippen molar-refractivity contribution in [1.82, 2.24) is 9.88 Å². The van der Waals surface area contributed by atoms with Crippen LogP contribution < -0.4 is 15.5 Å². The number of carbonyl (C=O) groups is 1. The Hall–Kier alpha value is -2.64. The third-order valence-corrected chi connectivity index (χ3v) is 7.60. The number of fused-ring (bicyclic) bond motifs is 2. The maximum Gasteiger partial charge on any atom is 0.341 e. The van der Waals surface area contributed by atoms with Crippen molar-refractivity contribution in [3.05, 3.63) is 50.6 Å². The van der Waals surface area contributed by atoms with Gasteiger partial charge in [0, 0.05) is 33.6 Å². The first kappa shape index (κ1) is 20.3. The van der Waals surface area contributed by atoms with Crippen LogP contribution in [0.25, 0.3) is 21.3 Å². The Bertz CT molecular complexity index is 1240. The first-order chi connectivity index (χ1) is 15.0. The monoisotopic (exact) mass is 438 g/mol. The quantitative estimate of drug-likeness (QED) is 0.580. The minimum Gasteiger partial charge on any atom is -0.494 e. The van der Waals surface area contributed by atoms with Gasteiger partial charge >= 0.3 is 5.97 Å². The number of rotatable bonds is 6. The van der Waals surface area contributed by atoms with Crippen LogP contribution >= 0.6 is 11.3 Å². The summed E-state index contributed by atoms with van der Waals surface area (Å²) in [5.41, 5.74) is 2.39. The van der Waals surface area contributed by atoms with Gasteiger partial charge in [-0.15, -0.1) is 11.3 Å². The van der Waals surface area contributed by atoms with E-state index < -0.39 is 11.4 Å². The third-order valence-electron chi connectivity index (χ3n) is 6.35. The van der Waals surface area contributed by atoms with Crippen molar-refractivity contribution >= 4 is 28.2 Å². The number of thiophene rings is 1. The van der Waals surface area contributed by atoms with Gasteiger partial charge in [0.25, 0.3) is 0 Å². The molecule has 2 aliphatic rings. The number of carboxylic acid groups (broad SMARTS) is 1. The molecule has 162 valence electrons. The molecule has 2 aromatic heterocycles. The van der Waals surface area contributed by atoms with E-state index in [2.05, 4.69) is 18.3 Å². The van der Waals surface area contributed by atoms with Crippen LogP contribution in [0, 0.1) is 0 Å². The molecule has 0 spiro atoms. The first-order valence-corrected chi connectivity index (χ1v) is 11.7. The van der Waals surface area contributed by atoms with E-state index in [0.717, 1.165) is 42.7 Å². The second-order valence-electron chi connectivity index (χ2n) is 8.35. The zero-order valence-electron chi connectivity index (χ0n) is 17.7. The number of aromatic nitrogens is 1. The fourth-order valence-corrected chi connectivity index (χ4v) is 6.05. The molecule has 1 fully saturated rings. The summed E-state index contributed by atoms with van der Waals surface area (Å²) in [6, 6.07) is 6.53. The summed E-state index contributed by atoms with van der Waals surface area (Å²) in [4.78, 5) is 27.1. The van der Waals surface area contributed by atoms with Crippen molar-refractivity contribution in [2.45, 2.75) is 51.1 Å². The van der Waals surface area contributed by atoms with Gasteiger partial charge in [-0.25, -0.2) is 4.79 Å². The van der Waals surface area contributed by atoms with Crippen LogP contribution in [0.1, 0.15) is 65.5 Å². The molecule has 7 heteroatoms. The van der Waals surface area contributed by atoms with E-state index >= 15 is 0 Å². The van der Waals surface area contributed by atoms with Crippen LogP contribution in [0.4, 0.5) is 0 Å². The number of hydrogen-bond acceptors (Lipinski definition) is 5. The Labute approximate surface area is 184 Å². The second kappa shape index (κ2) is 7.80. The van der Waals surface area contributed by atoms with E-state index in [1.54, 1.807) is 24.5 Å². The first-order valence-electron chi connectivity index (χ1n) is 10.9. The minimum absolute atomic E-state index is 0.186. The topological polar surface area (TPSA) is 80.6 Å². The van der Waals surface area contributed by atoms with Crippen molar-refractivity contribution in [2.24, 2.45) is 0 Å². The summed E-state index contributed by atoms with van der Waals surface area (Å²) in [7, 11) is 1.63. The zero-order valence-corrected chi connectivity index (χ0v) is 18.6. The number of pyridine rings is 1. The number of methoxy groups -OCH3 is 1. The molecule has 1 aromatic carbocycles. The summed E-state index contributed by atoms with van der Waals surface area (Å²) in [5, 5.41) is 13.5. The fourth-order valence-electron chi connectivity index (χ4n) is 4.76. The number of carboxylic acids is 1. The summed E-state index contributed by atoms with van der Waals surface area (Å²) in [6.07, 6.45) is 6.86. The Morgan fingerprint density at radius 3 is 2.81 bits per heavy atom. The van der Waals surface area contributed by atoms with Crippen LogP contribution in [-0.2, 0) is 6.42 Å². The summed E-state index contributed by atoms with van der Waals surface area (Å²) < 4.78 is 7.82. The molecule has 2 aliphatic carbocycles. The van der Waals surface area contributed by atoms with Crippen molar-refractivity contribution in [3.63, 3.8) is 0 Å². The smallest absolute Gasteiger partial charge is 0.341 e. The van der Waals surface area contributed by atoms with E-state index in [9.17, 15) is 14.7 Å². The molecule has 5 rings (SSSR count). The van der Waals surface area contributed by atoms with Gasteiger partial charge in [-0.05, 0) is 62.4 Å². The lowest BCUT2D eigenvalue weighted by Gasteiger charge is -2.22. The summed E-state index contributed by atoms with van der Waals surface area (Å²) in [6.45, 7) is 3.07. The summed E-state index contributed by atoms with van der Waals surface area (Å²) in [5.74, 6) is -0.540. The molecule has 0 bridgehead atoms. The molecule has 3 aromatic rings. The molecule has 0 radical (unpaired) electrons. The highest BCUT2D eigenvalue weighted by Gasteiger charge is 2.30. The van der Waals surface area contributed by atoms with Gasteiger partial charge in [0.1, 0.15) is 5.56 Å². The lowest BCUT2D eigenvalue weighted by molar-refractivity contribution is 0.0695. The highest BCUT2D eigenvalue weighted by atomic mass is 32.1. The number of nitrogens with zero attached hydrogens (tertiary/aromatic N) is 1. The van der Waals surface area contributed by atoms with Crippen LogP contribution in [0.2, 0.25) is 0 Å². The predicted octanol–water partition coefficient (Wildman–Crippen LogP) is 4.76. The average Bonchev–Trinajstić information content (AvgIpc) is 3.51. The largest absolute Gasteiger partial charge is 0.494 e.